The SMILES string of the molecule is Cc1ccc(S(=O)(=O)OCCc2ccc(F)cc2-c2ccccc2)cc1. The summed E-state index contributed by atoms with van der Waals surface area (Å²) in [7, 11) is -3.81. The minimum atomic E-state index is -3.81. The lowest BCUT2D eigenvalue weighted by Gasteiger charge is -2.11. The first kappa shape index (κ1) is 18.3. The van der Waals surface area contributed by atoms with Crippen molar-refractivity contribution in [3.8, 4) is 11.1 Å². The van der Waals surface area contributed by atoms with E-state index in [1.807, 2.05) is 37.3 Å². The highest BCUT2D eigenvalue weighted by Gasteiger charge is 2.15. The molecule has 0 atom stereocenters. The Kier molecular flexibility index (Phi) is 5.49. The molecule has 3 rings (SSSR count). The molecule has 0 aliphatic carbocycles. The van der Waals surface area contributed by atoms with Crippen LogP contribution in [0, 0.1) is 12.7 Å². The van der Waals surface area contributed by atoms with E-state index in [1.165, 1.54) is 24.3 Å². The van der Waals surface area contributed by atoms with Crippen molar-refractivity contribution in [1.29, 1.82) is 0 Å². The number of hydrogen-bond donors (Lipinski definition) is 0. The van der Waals surface area contributed by atoms with E-state index in [4.69, 9.17) is 4.18 Å². The molecular formula is C21H19FO3S. The van der Waals surface area contributed by atoms with Crippen molar-refractivity contribution in [3.63, 3.8) is 0 Å². The predicted molar refractivity (Wildman–Crippen MR) is 99.9 cm³/mol. The molecule has 0 spiro atoms. The lowest BCUT2D eigenvalue weighted by Crippen LogP contribution is -2.09. The molecule has 134 valence electrons. The zero-order valence-electron chi connectivity index (χ0n) is 14.4. The van der Waals surface area contributed by atoms with E-state index in [9.17, 15) is 12.8 Å². The molecule has 0 heterocycles. The smallest absolute Gasteiger partial charge is 0.266 e. The van der Waals surface area contributed by atoms with Gasteiger partial charge in [-0.05, 0) is 54.3 Å². The molecule has 0 radical (unpaired) electrons. The molecule has 0 N–H and O–H groups in total. The molecule has 0 aliphatic rings. The van der Waals surface area contributed by atoms with Crippen molar-refractivity contribution in [3.05, 3.63) is 89.7 Å². The van der Waals surface area contributed by atoms with Gasteiger partial charge < -0.3 is 0 Å². The maximum Gasteiger partial charge on any atom is 0.296 e. The molecule has 0 fully saturated rings. The Labute approximate surface area is 153 Å². The maximum absolute atomic E-state index is 13.7. The Hall–Kier alpha value is -2.50. The lowest BCUT2D eigenvalue weighted by atomic mass is 9.98. The summed E-state index contributed by atoms with van der Waals surface area (Å²) < 4.78 is 43.4. The van der Waals surface area contributed by atoms with Crippen LogP contribution in [0.25, 0.3) is 11.1 Å². The van der Waals surface area contributed by atoms with Gasteiger partial charge >= 0.3 is 0 Å². The lowest BCUT2D eigenvalue weighted by molar-refractivity contribution is 0.322. The molecule has 3 aromatic rings. The van der Waals surface area contributed by atoms with Crippen molar-refractivity contribution >= 4 is 10.1 Å². The van der Waals surface area contributed by atoms with Crippen LogP contribution in [0.2, 0.25) is 0 Å². The molecular weight excluding hydrogens is 351 g/mol. The fraction of sp³-hybridized carbons (Fsp3) is 0.143. The van der Waals surface area contributed by atoms with E-state index >= 15 is 0 Å². The van der Waals surface area contributed by atoms with Gasteiger partial charge in [-0.3, -0.25) is 4.18 Å². The van der Waals surface area contributed by atoms with Gasteiger partial charge in [-0.1, -0.05) is 54.1 Å². The number of halogens is 1. The molecule has 5 heteroatoms. The minimum absolute atomic E-state index is 0.0122. The van der Waals surface area contributed by atoms with Gasteiger partial charge in [0.05, 0.1) is 11.5 Å². The molecule has 0 bridgehead atoms. The van der Waals surface area contributed by atoms with Gasteiger partial charge in [-0.2, -0.15) is 8.42 Å². The van der Waals surface area contributed by atoms with Crippen LogP contribution in [0.1, 0.15) is 11.1 Å². The molecule has 0 aromatic heterocycles. The van der Waals surface area contributed by atoms with E-state index in [0.717, 1.165) is 22.3 Å². The summed E-state index contributed by atoms with van der Waals surface area (Å²) in [6.07, 6.45) is 0.357. The third kappa shape index (κ3) is 4.36. The first-order valence-corrected chi connectivity index (χ1v) is 9.66. The van der Waals surface area contributed by atoms with Crippen LogP contribution in [0.4, 0.5) is 4.39 Å². The standard InChI is InChI=1S/C21H19FO3S/c1-16-7-11-20(12-8-16)26(23,24)25-14-13-18-9-10-19(22)15-21(18)17-5-3-2-4-6-17/h2-12,15H,13-14H2,1H3. The normalized spacial score (nSPS) is 11.5. The third-order valence-electron chi connectivity index (χ3n) is 4.08. The van der Waals surface area contributed by atoms with Crippen LogP contribution in [0.15, 0.2) is 77.7 Å². The quantitative estimate of drug-likeness (QED) is 0.588. The molecule has 0 amide bonds. The first-order chi connectivity index (χ1) is 12.5. The van der Waals surface area contributed by atoms with Crippen molar-refractivity contribution in [2.75, 3.05) is 6.61 Å². The molecule has 0 aliphatic heterocycles. The molecule has 3 nitrogen and oxygen atoms in total. The first-order valence-electron chi connectivity index (χ1n) is 8.26. The third-order valence-corrected chi connectivity index (χ3v) is 5.40. The monoisotopic (exact) mass is 370 g/mol. The second-order valence-corrected chi connectivity index (χ2v) is 7.62. The average Bonchev–Trinajstić information content (AvgIpc) is 2.64. The van der Waals surface area contributed by atoms with Gasteiger partial charge in [-0.25, -0.2) is 4.39 Å². The van der Waals surface area contributed by atoms with Crippen molar-refractivity contribution in [2.45, 2.75) is 18.2 Å². The Morgan fingerprint density at radius 3 is 2.31 bits per heavy atom. The summed E-state index contributed by atoms with van der Waals surface area (Å²) in [6.45, 7) is 1.87. The van der Waals surface area contributed by atoms with Gasteiger partial charge in [0.2, 0.25) is 0 Å². The molecule has 26 heavy (non-hydrogen) atoms. The largest absolute Gasteiger partial charge is 0.296 e. The molecule has 3 aromatic carbocycles. The fourth-order valence-corrected chi connectivity index (χ4v) is 3.60. The summed E-state index contributed by atoms with van der Waals surface area (Å²) in [6, 6.07) is 20.4. The van der Waals surface area contributed by atoms with Crippen LogP contribution >= 0.6 is 0 Å². The van der Waals surface area contributed by atoms with Crippen LogP contribution in [-0.4, -0.2) is 15.0 Å². The van der Waals surface area contributed by atoms with Gasteiger partial charge in [0.15, 0.2) is 0 Å². The molecule has 0 saturated heterocycles. The zero-order chi connectivity index (χ0) is 18.6. The highest BCUT2D eigenvalue weighted by Crippen LogP contribution is 2.25. The van der Waals surface area contributed by atoms with Gasteiger partial charge in [0.25, 0.3) is 10.1 Å². The van der Waals surface area contributed by atoms with Crippen LogP contribution < -0.4 is 0 Å². The fourth-order valence-electron chi connectivity index (χ4n) is 2.69. The molecule has 0 unspecified atom stereocenters. The number of rotatable bonds is 6. The van der Waals surface area contributed by atoms with E-state index in [0.29, 0.717) is 6.42 Å². The second kappa shape index (κ2) is 7.81. The Morgan fingerprint density at radius 1 is 0.923 bits per heavy atom. The Morgan fingerprint density at radius 2 is 1.62 bits per heavy atom. The summed E-state index contributed by atoms with van der Waals surface area (Å²) in [4.78, 5) is 0.130. The van der Waals surface area contributed by atoms with Crippen molar-refractivity contribution in [1.82, 2.24) is 0 Å². The van der Waals surface area contributed by atoms with E-state index in [-0.39, 0.29) is 17.3 Å². The zero-order valence-corrected chi connectivity index (χ0v) is 15.2. The summed E-state index contributed by atoms with van der Waals surface area (Å²) in [5.41, 5.74) is 3.42. The van der Waals surface area contributed by atoms with Crippen molar-refractivity contribution < 1.29 is 17.0 Å². The maximum atomic E-state index is 13.7. The highest BCUT2D eigenvalue weighted by atomic mass is 32.2. The van der Waals surface area contributed by atoms with Gasteiger partial charge in [-0.15, -0.1) is 0 Å². The Bertz CT molecular complexity index is 982. The Balaban J connectivity index is 1.75. The van der Waals surface area contributed by atoms with E-state index < -0.39 is 10.1 Å². The van der Waals surface area contributed by atoms with Crippen LogP contribution in [0.3, 0.4) is 0 Å². The minimum Gasteiger partial charge on any atom is -0.266 e. The number of benzene rings is 3. The summed E-state index contributed by atoms with van der Waals surface area (Å²) >= 11 is 0. The van der Waals surface area contributed by atoms with Crippen molar-refractivity contribution in [2.24, 2.45) is 0 Å². The average molecular weight is 370 g/mol. The number of hydrogen-bond acceptors (Lipinski definition) is 3. The van der Waals surface area contributed by atoms with E-state index in [1.54, 1.807) is 18.2 Å². The predicted octanol–water partition coefficient (Wildman–Crippen LogP) is 4.75. The van der Waals surface area contributed by atoms with Crippen LogP contribution in [0.5, 0.6) is 0 Å². The summed E-state index contributed by atoms with van der Waals surface area (Å²) in [5, 5.41) is 0. The number of aryl methyl sites for hydroxylation is 1. The van der Waals surface area contributed by atoms with Gasteiger partial charge in [0.1, 0.15) is 5.82 Å². The second-order valence-electron chi connectivity index (χ2n) is 6.01. The summed E-state index contributed by atoms with van der Waals surface area (Å²) in [5.74, 6) is -0.333. The van der Waals surface area contributed by atoms with Gasteiger partial charge in [0, 0.05) is 0 Å². The van der Waals surface area contributed by atoms with E-state index in [2.05, 4.69) is 0 Å². The highest BCUT2D eigenvalue weighted by molar-refractivity contribution is 7.86. The topological polar surface area (TPSA) is 43.4 Å². The van der Waals surface area contributed by atoms with Crippen LogP contribution in [-0.2, 0) is 20.7 Å². The molecule has 0 saturated carbocycles.